The monoisotopic (exact) mass is 412 g/mol. The minimum atomic E-state index is -0.229. The van der Waals surface area contributed by atoms with Crippen LogP contribution in [-0.2, 0) is 11.2 Å². The van der Waals surface area contributed by atoms with Crippen LogP contribution >= 0.6 is 23.1 Å². The van der Waals surface area contributed by atoms with Gasteiger partial charge in [-0.15, -0.1) is 10.2 Å². The van der Waals surface area contributed by atoms with E-state index in [0.717, 1.165) is 34.4 Å². The van der Waals surface area contributed by atoms with Crippen LogP contribution in [0.5, 0.6) is 5.75 Å². The fourth-order valence-electron chi connectivity index (χ4n) is 3.09. The number of anilines is 3. The van der Waals surface area contributed by atoms with Crippen LogP contribution in [0, 0.1) is 0 Å². The number of ether oxygens (including phenoxy) is 1. The molecule has 2 heterocycles. The normalized spacial score (nSPS) is 13.9. The molecule has 6 nitrogen and oxygen atoms in total. The summed E-state index contributed by atoms with van der Waals surface area (Å²) in [5, 5.41) is 12.1. The van der Waals surface area contributed by atoms with E-state index < -0.39 is 0 Å². The topological polar surface area (TPSA) is 67.3 Å². The number of nitrogens with one attached hydrogen (secondary N) is 1. The molecule has 0 aliphatic carbocycles. The Morgan fingerprint density at radius 1 is 1.21 bits per heavy atom. The first kappa shape index (κ1) is 18.8. The highest BCUT2D eigenvalue weighted by molar-refractivity contribution is 8.02. The van der Waals surface area contributed by atoms with Crippen molar-refractivity contribution in [2.45, 2.75) is 22.9 Å². The van der Waals surface area contributed by atoms with Crippen LogP contribution in [0.25, 0.3) is 0 Å². The molecule has 0 bridgehead atoms. The van der Waals surface area contributed by atoms with Crippen molar-refractivity contribution >= 4 is 45.5 Å². The molecule has 1 amide bonds. The average Bonchev–Trinajstić information content (AvgIpc) is 3.35. The third-order valence-corrected chi connectivity index (χ3v) is 6.54. The summed E-state index contributed by atoms with van der Waals surface area (Å²) in [6, 6.07) is 15.7. The van der Waals surface area contributed by atoms with E-state index in [1.54, 1.807) is 7.11 Å². The number of nitrogens with zero attached hydrogens (tertiary/aromatic N) is 3. The zero-order valence-corrected chi connectivity index (χ0v) is 17.2. The lowest BCUT2D eigenvalue weighted by molar-refractivity contribution is -0.117. The van der Waals surface area contributed by atoms with Crippen molar-refractivity contribution in [3.8, 4) is 5.75 Å². The summed E-state index contributed by atoms with van der Waals surface area (Å²) in [6.07, 6.45) is 0.911. The van der Waals surface area contributed by atoms with Gasteiger partial charge in [-0.1, -0.05) is 41.3 Å². The summed E-state index contributed by atoms with van der Waals surface area (Å²) in [5.41, 5.74) is 3.17. The summed E-state index contributed by atoms with van der Waals surface area (Å²) in [4.78, 5) is 14.8. The smallest absolute Gasteiger partial charge is 0.240 e. The second kappa shape index (κ2) is 8.20. The van der Waals surface area contributed by atoms with E-state index in [4.69, 9.17) is 4.74 Å². The zero-order valence-electron chi connectivity index (χ0n) is 15.6. The van der Waals surface area contributed by atoms with Crippen molar-refractivity contribution in [2.75, 3.05) is 23.9 Å². The SMILES string of the molecule is COc1ccc(Nc2nnc(SC(C)C(=O)N3CCc4ccccc43)s2)cc1. The largest absolute Gasteiger partial charge is 0.497 e. The van der Waals surface area contributed by atoms with Crippen molar-refractivity contribution in [3.05, 3.63) is 54.1 Å². The summed E-state index contributed by atoms with van der Waals surface area (Å²) in [7, 11) is 1.64. The molecule has 1 aliphatic heterocycles. The van der Waals surface area contributed by atoms with Gasteiger partial charge in [-0.05, 0) is 49.2 Å². The number of carbonyl (C=O) groups is 1. The molecule has 0 saturated heterocycles. The van der Waals surface area contributed by atoms with Gasteiger partial charge in [0.2, 0.25) is 11.0 Å². The first-order valence-corrected chi connectivity index (χ1v) is 10.6. The summed E-state index contributed by atoms with van der Waals surface area (Å²) in [5.74, 6) is 0.907. The van der Waals surface area contributed by atoms with Crippen LogP contribution < -0.4 is 15.0 Å². The Hall–Kier alpha value is -2.58. The van der Waals surface area contributed by atoms with Gasteiger partial charge in [0.05, 0.1) is 12.4 Å². The third-order valence-electron chi connectivity index (χ3n) is 4.53. The maximum atomic E-state index is 12.9. The molecule has 1 unspecified atom stereocenters. The maximum Gasteiger partial charge on any atom is 0.240 e. The van der Waals surface area contributed by atoms with Crippen molar-refractivity contribution in [1.29, 1.82) is 0 Å². The molecular weight excluding hydrogens is 392 g/mol. The molecular formula is C20H20N4O2S2. The second-order valence-electron chi connectivity index (χ2n) is 6.36. The molecule has 28 heavy (non-hydrogen) atoms. The highest BCUT2D eigenvalue weighted by Gasteiger charge is 2.28. The summed E-state index contributed by atoms with van der Waals surface area (Å²) >= 11 is 2.88. The van der Waals surface area contributed by atoms with E-state index in [1.165, 1.54) is 28.7 Å². The first-order chi connectivity index (χ1) is 13.6. The fourth-order valence-corrected chi connectivity index (χ4v) is 5.07. The minimum Gasteiger partial charge on any atom is -0.497 e. The maximum absolute atomic E-state index is 12.9. The van der Waals surface area contributed by atoms with Gasteiger partial charge < -0.3 is 15.0 Å². The molecule has 0 radical (unpaired) electrons. The molecule has 0 spiro atoms. The highest BCUT2D eigenvalue weighted by Crippen LogP contribution is 2.34. The molecule has 4 rings (SSSR count). The van der Waals surface area contributed by atoms with Gasteiger partial charge in [-0.3, -0.25) is 4.79 Å². The van der Waals surface area contributed by atoms with E-state index in [9.17, 15) is 4.79 Å². The Labute approximate surface area is 171 Å². The molecule has 8 heteroatoms. The van der Waals surface area contributed by atoms with E-state index >= 15 is 0 Å². The number of aromatic nitrogens is 2. The number of fused-ring (bicyclic) bond motifs is 1. The number of hydrogen-bond donors (Lipinski definition) is 1. The number of carbonyl (C=O) groups excluding carboxylic acids is 1. The number of benzene rings is 2. The van der Waals surface area contributed by atoms with Gasteiger partial charge in [-0.2, -0.15) is 0 Å². The lowest BCUT2D eigenvalue weighted by Gasteiger charge is -2.20. The Morgan fingerprint density at radius 3 is 2.79 bits per heavy atom. The van der Waals surface area contributed by atoms with Crippen LogP contribution in [0.2, 0.25) is 0 Å². The van der Waals surface area contributed by atoms with E-state index in [1.807, 2.05) is 54.3 Å². The number of rotatable bonds is 6. The van der Waals surface area contributed by atoms with E-state index in [-0.39, 0.29) is 11.2 Å². The van der Waals surface area contributed by atoms with Crippen LogP contribution in [0.1, 0.15) is 12.5 Å². The molecule has 1 atom stereocenters. The molecule has 1 aliphatic rings. The summed E-state index contributed by atoms with van der Waals surface area (Å²) in [6.45, 7) is 2.66. The highest BCUT2D eigenvalue weighted by atomic mass is 32.2. The fraction of sp³-hybridized carbons (Fsp3) is 0.250. The van der Waals surface area contributed by atoms with Gasteiger partial charge >= 0.3 is 0 Å². The Bertz CT molecular complexity index is 974. The van der Waals surface area contributed by atoms with E-state index in [2.05, 4.69) is 21.6 Å². The number of amides is 1. The van der Waals surface area contributed by atoms with Crippen LogP contribution in [0.4, 0.5) is 16.5 Å². The summed E-state index contributed by atoms with van der Waals surface area (Å²) < 4.78 is 5.93. The molecule has 1 aromatic heterocycles. The van der Waals surface area contributed by atoms with Gasteiger partial charge in [-0.25, -0.2) is 0 Å². The average molecular weight is 413 g/mol. The van der Waals surface area contributed by atoms with Gasteiger partial charge in [0.25, 0.3) is 0 Å². The Kier molecular flexibility index (Phi) is 5.50. The van der Waals surface area contributed by atoms with Crippen LogP contribution in [0.15, 0.2) is 52.9 Å². The number of thioether (sulfide) groups is 1. The number of methoxy groups -OCH3 is 1. The van der Waals surface area contributed by atoms with Gasteiger partial charge in [0.15, 0.2) is 4.34 Å². The Balaban J connectivity index is 1.38. The predicted octanol–water partition coefficient (Wildman–Crippen LogP) is 4.36. The number of para-hydroxylation sites is 1. The first-order valence-electron chi connectivity index (χ1n) is 8.94. The van der Waals surface area contributed by atoms with Crippen LogP contribution in [0.3, 0.4) is 0 Å². The molecule has 0 fully saturated rings. The molecule has 2 aromatic carbocycles. The lowest BCUT2D eigenvalue weighted by atomic mass is 10.2. The van der Waals surface area contributed by atoms with Gasteiger partial charge in [0.1, 0.15) is 5.75 Å². The second-order valence-corrected chi connectivity index (χ2v) is 8.92. The van der Waals surface area contributed by atoms with Crippen molar-refractivity contribution in [3.63, 3.8) is 0 Å². The molecule has 144 valence electrons. The van der Waals surface area contributed by atoms with Crippen molar-refractivity contribution in [1.82, 2.24) is 10.2 Å². The molecule has 1 N–H and O–H groups in total. The third kappa shape index (κ3) is 3.98. The minimum absolute atomic E-state index is 0.106. The Morgan fingerprint density at radius 2 is 2.00 bits per heavy atom. The zero-order chi connectivity index (χ0) is 19.5. The standard InChI is InChI=1S/C20H20N4O2S2/c1-13(18(25)24-12-11-14-5-3-4-6-17(14)24)27-20-23-22-19(28-20)21-15-7-9-16(26-2)10-8-15/h3-10,13H,11-12H2,1-2H3,(H,21,22). The quantitative estimate of drug-likeness (QED) is 0.607. The molecule has 0 saturated carbocycles. The van der Waals surface area contributed by atoms with E-state index in [0.29, 0.717) is 5.13 Å². The van der Waals surface area contributed by atoms with Crippen molar-refractivity contribution < 1.29 is 9.53 Å². The number of hydrogen-bond acceptors (Lipinski definition) is 7. The van der Waals surface area contributed by atoms with Gasteiger partial charge in [0, 0.05) is 17.9 Å². The van der Waals surface area contributed by atoms with Crippen molar-refractivity contribution in [2.24, 2.45) is 0 Å². The van der Waals surface area contributed by atoms with Crippen LogP contribution in [-0.4, -0.2) is 35.0 Å². The molecule has 3 aromatic rings. The predicted molar refractivity (Wildman–Crippen MR) is 114 cm³/mol. The lowest BCUT2D eigenvalue weighted by Crippen LogP contribution is -2.35.